The number of aryl methyl sites for hydroxylation is 1. The van der Waals surface area contributed by atoms with Gasteiger partial charge in [0.1, 0.15) is 10.9 Å². The summed E-state index contributed by atoms with van der Waals surface area (Å²) in [6.07, 6.45) is 1.59. The number of aromatic nitrogens is 4. The molecule has 0 aliphatic heterocycles. The first-order chi connectivity index (χ1) is 8.19. The summed E-state index contributed by atoms with van der Waals surface area (Å²) in [6, 6.07) is 0. The molecule has 0 spiro atoms. The van der Waals surface area contributed by atoms with Gasteiger partial charge in [0.25, 0.3) is 0 Å². The van der Waals surface area contributed by atoms with Gasteiger partial charge in [-0.05, 0) is 37.1 Å². The predicted octanol–water partition coefficient (Wildman–Crippen LogP) is 2.87. The van der Waals surface area contributed by atoms with Crippen molar-refractivity contribution in [3.63, 3.8) is 0 Å². The van der Waals surface area contributed by atoms with E-state index in [1.807, 2.05) is 13.8 Å². The molecule has 0 saturated heterocycles. The molecule has 0 bridgehead atoms. The summed E-state index contributed by atoms with van der Waals surface area (Å²) in [4.78, 5) is 12.6. The highest BCUT2D eigenvalue weighted by atomic mass is 35.5. The van der Waals surface area contributed by atoms with Gasteiger partial charge >= 0.3 is 0 Å². The summed E-state index contributed by atoms with van der Waals surface area (Å²) in [5.41, 5.74) is 0. The number of hydrogen-bond donors (Lipinski definition) is 1. The third kappa shape index (κ3) is 3.27. The lowest BCUT2D eigenvalue weighted by Crippen LogP contribution is -2.02. The van der Waals surface area contributed by atoms with Crippen LogP contribution in [0.1, 0.15) is 12.7 Å². The van der Waals surface area contributed by atoms with Crippen LogP contribution < -0.4 is 5.32 Å². The second-order valence-corrected chi connectivity index (χ2v) is 5.48. The molecule has 17 heavy (non-hydrogen) atoms. The van der Waals surface area contributed by atoms with Crippen LogP contribution in [-0.2, 0) is 0 Å². The molecule has 0 radical (unpaired) electrons. The summed E-state index contributed by atoms with van der Waals surface area (Å²) in [5.74, 6) is 1.33. The van der Waals surface area contributed by atoms with E-state index in [1.165, 1.54) is 23.3 Å². The van der Waals surface area contributed by atoms with Crippen LogP contribution in [0, 0.1) is 6.92 Å². The largest absolute Gasteiger partial charge is 0.354 e. The van der Waals surface area contributed by atoms with Gasteiger partial charge in [0.05, 0.1) is 11.2 Å². The summed E-state index contributed by atoms with van der Waals surface area (Å²) in [6.45, 7) is 4.61. The first-order valence-corrected chi connectivity index (χ1v) is 6.90. The number of hydrogen-bond acceptors (Lipinski definition) is 7. The molecule has 8 heteroatoms. The Labute approximate surface area is 112 Å². The minimum absolute atomic E-state index is 0.518. The summed E-state index contributed by atoms with van der Waals surface area (Å²) >= 11 is 8.77. The fourth-order valence-corrected chi connectivity index (χ4v) is 2.82. The van der Waals surface area contributed by atoms with Crippen molar-refractivity contribution in [2.45, 2.75) is 23.2 Å². The van der Waals surface area contributed by atoms with Crippen LogP contribution in [0.25, 0.3) is 0 Å². The van der Waals surface area contributed by atoms with Crippen LogP contribution >= 0.6 is 34.9 Å². The zero-order valence-corrected chi connectivity index (χ0v) is 11.7. The smallest absolute Gasteiger partial charge is 0.223 e. The quantitative estimate of drug-likeness (QED) is 0.873. The lowest BCUT2D eigenvalue weighted by molar-refractivity contribution is 1.01. The zero-order valence-electron chi connectivity index (χ0n) is 9.27. The Balaban J connectivity index is 2.22. The number of nitrogens with zero attached hydrogens (tertiary/aromatic N) is 4. The van der Waals surface area contributed by atoms with Crippen molar-refractivity contribution in [1.82, 2.24) is 19.3 Å². The van der Waals surface area contributed by atoms with Crippen molar-refractivity contribution < 1.29 is 0 Å². The molecule has 0 atom stereocenters. The van der Waals surface area contributed by atoms with Crippen molar-refractivity contribution in [2.24, 2.45) is 0 Å². The summed E-state index contributed by atoms with van der Waals surface area (Å²) in [7, 11) is 0. The van der Waals surface area contributed by atoms with E-state index >= 15 is 0 Å². The Morgan fingerprint density at radius 3 is 2.94 bits per heavy atom. The van der Waals surface area contributed by atoms with Gasteiger partial charge in [-0.25, -0.2) is 15.0 Å². The van der Waals surface area contributed by atoms with E-state index in [9.17, 15) is 0 Å². The Morgan fingerprint density at radius 1 is 1.47 bits per heavy atom. The first kappa shape index (κ1) is 12.5. The van der Waals surface area contributed by atoms with Crippen LogP contribution in [0.15, 0.2) is 15.6 Å². The van der Waals surface area contributed by atoms with Crippen molar-refractivity contribution in [3.8, 4) is 0 Å². The van der Waals surface area contributed by atoms with E-state index in [4.69, 9.17) is 11.6 Å². The molecule has 0 saturated carbocycles. The maximum absolute atomic E-state index is 6.04. The standard InChI is InChI=1S/C9H10ClN5S2/c1-3-11-8-12-4-6(10)7(14-8)16-9-13-5(2)15-17-9/h4H,3H2,1-2H3,(H,11,12,14). The Hall–Kier alpha value is -0.920. The molecule has 2 aromatic heterocycles. The highest BCUT2D eigenvalue weighted by Gasteiger charge is 2.10. The maximum atomic E-state index is 6.04. The molecule has 1 N–H and O–H groups in total. The SMILES string of the molecule is CCNc1ncc(Cl)c(Sc2nc(C)ns2)n1. The van der Waals surface area contributed by atoms with Gasteiger partial charge < -0.3 is 5.32 Å². The minimum atomic E-state index is 0.518. The highest BCUT2D eigenvalue weighted by molar-refractivity contribution is 8.01. The van der Waals surface area contributed by atoms with E-state index < -0.39 is 0 Å². The number of halogens is 1. The molecule has 0 aromatic carbocycles. The average Bonchev–Trinajstić information content (AvgIpc) is 2.69. The lowest BCUT2D eigenvalue weighted by atomic mass is 10.6. The van der Waals surface area contributed by atoms with Gasteiger partial charge in [-0.15, -0.1) is 0 Å². The van der Waals surface area contributed by atoms with Crippen molar-refractivity contribution in [3.05, 3.63) is 17.0 Å². The van der Waals surface area contributed by atoms with Crippen LogP contribution in [0.2, 0.25) is 5.02 Å². The fourth-order valence-electron chi connectivity index (χ4n) is 1.07. The van der Waals surface area contributed by atoms with Crippen LogP contribution in [0.5, 0.6) is 0 Å². The molecule has 2 heterocycles. The Morgan fingerprint density at radius 2 is 2.29 bits per heavy atom. The zero-order chi connectivity index (χ0) is 12.3. The topological polar surface area (TPSA) is 63.6 Å². The van der Waals surface area contributed by atoms with Crippen LogP contribution in [-0.4, -0.2) is 25.9 Å². The van der Waals surface area contributed by atoms with Gasteiger partial charge in [0.2, 0.25) is 5.95 Å². The van der Waals surface area contributed by atoms with Gasteiger partial charge in [-0.2, -0.15) is 4.37 Å². The third-order valence-corrected chi connectivity index (χ3v) is 3.98. The number of rotatable bonds is 4. The van der Waals surface area contributed by atoms with Gasteiger partial charge in [-0.1, -0.05) is 11.6 Å². The number of nitrogens with one attached hydrogen (secondary N) is 1. The molecular weight excluding hydrogens is 278 g/mol. The van der Waals surface area contributed by atoms with Crippen molar-refractivity contribution >= 4 is 40.8 Å². The van der Waals surface area contributed by atoms with Gasteiger partial charge in [0.15, 0.2) is 4.34 Å². The lowest BCUT2D eigenvalue weighted by Gasteiger charge is -2.04. The van der Waals surface area contributed by atoms with E-state index in [-0.39, 0.29) is 0 Å². The second-order valence-electron chi connectivity index (χ2n) is 3.09. The molecular formula is C9H10ClN5S2. The van der Waals surface area contributed by atoms with E-state index in [1.54, 1.807) is 6.20 Å². The number of anilines is 1. The highest BCUT2D eigenvalue weighted by Crippen LogP contribution is 2.32. The third-order valence-electron chi connectivity index (χ3n) is 1.74. The molecule has 90 valence electrons. The van der Waals surface area contributed by atoms with E-state index in [2.05, 4.69) is 24.6 Å². The monoisotopic (exact) mass is 287 g/mol. The van der Waals surface area contributed by atoms with Crippen LogP contribution in [0.4, 0.5) is 5.95 Å². The first-order valence-electron chi connectivity index (χ1n) is 4.93. The Bertz CT molecular complexity index is 516. The summed E-state index contributed by atoms with van der Waals surface area (Å²) in [5, 5.41) is 4.25. The van der Waals surface area contributed by atoms with E-state index in [0.717, 1.165) is 16.7 Å². The Kier molecular flexibility index (Phi) is 4.14. The van der Waals surface area contributed by atoms with Gasteiger partial charge in [-0.3, -0.25) is 0 Å². The molecule has 0 amide bonds. The molecule has 2 rings (SSSR count). The minimum Gasteiger partial charge on any atom is -0.354 e. The molecule has 0 unspecified atom stereocenters. The predicted molar refractivity (Wildman–Crippen MR) is 70.0 cm³/mol. The van der Waals surface area contributed by atoms with Crippen molar-refractivity contribution in [2.75, 3.05) is 11.9 Å². The summed E-state index contributed by atoms with van der Waals surface area (Å²) < 4.78 is 4.93. The second kappa shape index (κ2) is 5.61. The molecule has 0 aliphatic rings. The van der Waals surface area contributed by atoms with Crippen LogP contribution in [0.3, 0.4) is 0 Å². The molecule has 5 nitrogen and oxygen atoms in total. The average molecular weight is 288 g/mol. The van der Waals surface area contributed by atoms with Gasteiger partial charge in [0, 0.05) is 6.54 Å². The fraction of sp³-hybridized carbons (Fsp3) is 0.333. The van der Waals surface area contributed by atoms with E-state index in [0.29, 0.717) is 16.0 Å². The molecule has 2 aromatic rings. The normalized spacial score (nSPS) is 10.5. The molecule has 0 aliphatic carbocycles. The molecule has 0 fully saturated rings. The maximum Gasteiger partial charge on any atom is 0.223 e. The van der Waals surface area contributed by atoms with Crippen molar-refractivity contribution in [1.29, 1.82) is 0 Å².